The average Bonchev–Trinajstić information content (AvgIpc) is 3.10. The lowest BCUT2D eigenvalue weighted by atomic mass is 10.1. The van der Waals surface area contributed by atoms with E-state index in [2.05, 4.69) is 14.0 Å². The Bertz CT molecular complexity index is 391. The molecule has 1 N–H and O–H groups in total. The zero-order valence-electron chi connectivity index (χ0n) is 18.2. The number of likely N-dealkylation sites (N-methyl/N-ethyl adjacent to an activating group) is 1. The van der Waals surface area contributed by atoms with Gasteiger partial charge in [0.2, 0.25) is 0 Å². The molecule has 0 aromatic rings. The first-order chi connectivity index (χ1) is 13.6. The van der Waals surface area contributed by atoms with E-state index in [-0.39, 0.29) is 5.97 Å². The molecule has 6 nitrogen and oxygen atoms in total. The molecule has 0 saturated carbocycles. The summed E-state index contributed by atoms with van der Waals surface area (Å²) in [5.41, 5.74) is 0. The number of unbranched alkanes of at least 4 members (excludes halogenated alkanes) is 7. The van der Waals surface area contributed by atoms with Gasteiger partial charge in [-0.2, -0.15) is 0 Å². The fourth-order valence-electron chi connectivity index (χ4n) is 3.55. The third kappa shape index (κ3) is 13.8. The van der Waals surface area contributed by atoms with E-state index in [4.69, 9.17) is 13.8 Å². The maximum Gasteiger partial charge on any atom is 0.330 e. The van der Waals surface area contributed by atoms with Crippen molar-refractivity contribution in [1.29, 1.82) is 0 Å². The number of ether oxygens (including phenoxy) is 1. The molecule has 166 valence electrons. The van der Waals surface area contributed by atoms with Gasteiger partial charge in [0, 0.05) is 19.3 Å². The minimum atomic E-state index is -1.84. The summed E-state index contributed by atoms with van der Waals surface area (Å²) in [6, 6.07) is 0. The van der Waals surface area contributed by atoms with Crippen LogP contribution in [-0.2, 0) is 18.6 Å². The molecule has 0 spiro atoms. The Labute approximate surface area is 173 Å². The van der Waals surface area contributed by atoms with Crippen molar-refractivity contribution in [1.82, 2.24) is 0 Å². The molecule has 1 rings (SSSR count). The highest BCUT2D eigenvalue weighted by molar-refractivity contribution is 7.40. The minimum absolute atomic E-state index is 0.179. The zero-order chi connectivity index (χ0) is 20.5. The van der Waals surface area contributed by atoms with Crippen LogP contribution in [0.25, 0.3) is 0 Å². The molecule has 1 atom stereocenters. The van der Waals surface area contributed by atoms with Crippen molar-refractivity contribution in [3.05, 3.63) is 0 Å². The number of likely N-dealkylation sites (tertiary alicyclic amines) is 1. The lowest BCUT2D eigenvalue weighted by molar-refractivity contribution is -0.897. The SMILES string of the molecule is CCCCCCCCCCOC(=O)CCCOP(O)OCC[N+]1(C)CCCC1. The summed E-state index contributed by atoms with van der Waals surface area (Å²) in [5, 5.41) is 0. The van der Waals surface area contributed by atoms with Gasteiger partial charge in [-0.05, 0) is 12.8 Å². The van der Waals surface area contributed by atoms with Gasteiger partial charge in [0.05, 0.1) is 33.4 Å². The van der Waals surface area contributed by atoms with E-state index in [9.17, 15) is 9.69 Å². The monoisotopic (exact) mass is 420 g/mol. The summed E-state index contributed by atoms with van der Waals surface area (Å²) in [4.78, 5) is 21.4. The molecule has 0 amide bonds. The second-order valence-corrected chi connectivity index (χ2v) is 9.19. The largest absolute Gasteiger partial charge is 0.466 e. The Morgan fingerprint density at radius 3 is 2.18 bits per heavy atom. The summed E-state index contributed by atoms with van der Waals surface area (Å²) >= 11 is 0. The Hall–Kier alpha value is -0.260. The quantitative estimate of drug-likeness (QED) is 0.147. The minimum Gasteiger partial charge on any atom is -0.466 e. The molecule has 0 radical (unpaired) electrons. The summed E-state index contributed by atoms with van der Waals surface area (Å²) < 4.78 is 16.9. The molecule has 1 aliphatic rings. The number of esters is 1. The van der Waals surface area contributed by atoms with Crippen molar-refractivity contribution in [2.45, 2.75) is 84.0 Å². The number of nitrogens with zero attached hydrogens (tertiary/aromatic N) is 1. The average molecular weight is 421 g/mol. The highest BCUT2D eigenvalue weighted by Crippen LogP contribution is 2.33. The van der Waals surface area contributed by atoms with Crippen molar-refractivity contribution in [3.8, 4) is 0 Å². The van der Waals surface area contributed by atoms with Gasteiger partial charge in [-0.15, -0.1) is 0 Å². The smallest absolute Gasteiger partial charge is 0.330 e. The summed E-state index contributed by atoms with van der Waals surface area (Å²) in [7, 11) is 0.392. The van der Waals surface area contributed by atoms with Crippen molar-refractivity contribution in [2.24, 2.45) is 0 Å². The second-order valence-electron chi connectivity index (χ2n) is 8.20. The van der Waals surface area contributed by atoms with Gasteiger partial charge in [0.1, 0.15) is 13.2 Å². The highest BCUT2D eigenvalue weighted by Gasteiger charge is 2.26. The van der Waals surface area contributed by atoms with Gasteiger partial charge in [-0.3, -0.25) is 4.79 Å². The molecule has 1 heterocycles. The Morgan fingerprint density at radius 1 is 0.893 bits per heavy atom. The van der Waals surface area contributed by atoms with E-state index in [1.807, 2.05) is 0 Å². The number of carbonyl (C=O) groups excluding carboxylic acids is 1. The molecule has 0 aliphatic carbocycles. The van der Waals surface area contributed by atoms with E-state index < -0.39 is 8.60 Å². The van der Waals surface area contributed by atoms with Crippen molar-refractivity contribution >= 4 is 14.6 Å². The van der Waals surface area contributed by atoms with E-state index in [1.165, 1.54) is 64.5 Å². The number of quaternary nitrogens is 1. The van der Waals surface area contributed by atoms with Gasteiger partial charge < -0.3 is 23.2 Å². The highest BCUT2D eigenvalue weighted by atomic mass is 31.2. The number of rotatable bonds is 18. The number of hydrogen-bond acceptors (Lipinski definition) is 5. The molecular formula is C21H43NO5P+. The predicted molar refractivity (Wildman–Crippen MR) is 114 cm³/mol. The van der Waals surface area contributed by atoms with Gasteiger partial charge in [0.15, 0.2) is 0 Å². The standard InChI is InChI=1S/C21H43NO5P/c1-3-4-5-6-7-8-9-12-18-25-21(23)14-13-19-26-28(24)27-20-17-22(2)15-10-11-16-22/h24H,3-20H2,1-2H3/q+1. The van der Waals surface area contributed by atoms with Crippen LogP contribution >= 0.6 is 8.60 Å². The van der Waals surface area contributed by atoms with E-state index in [1.54, 1.807) is 0 Å². The van der Waals surface area contributed by atoms with Crippen LogP contribution in [0.4, 0.5) is 0 Å². The fraction of sp³-hybridized carbons (Fsp3) is 0.952. The van der Waals surface area contributed by atoms with Crippen molar-refractivity contribution in [2.75, 3.05) is 46.5 Å². The first-order valence-corrected chi connectivity index (χ1v) is 12.4. The molecule has 28 heavy (non-hydrogen) atoms. The number of hydrogen-bond donors (Lipinski definition) is 1. The maximum atomic E-state index is 11.7. The molecule has 0 bridgehead atoms. The first kappa shape index (κ1) is 25.8. The molecule has 1 saturated heterocycles. The van der Waals surface area contributed by atoms with Crippen molar-refractivity contribution in [3.63, 3.8) is 0 Å². The topological polar surface area (TPSA) is 65.0 Å². The van der Waals surface area contributed by atoms with Crippen LogP contribution in [-0.4, -0.2) is 61.8 Å². The Kier molecular flexibility index (Phi) is 15.2. The molecule has 1 aliphatic heterocycles. The van der Waals surface area contributed by atoms with E-state index in [0.29, 0.717) is 32.7 Å². The Balaban J connectivity index is 1.85. The van der Waals surface area contributed by atoms with Crippen LogP contribution in [0.1, 0.15) is 84.0 Å². The van der Waals surface area contributed by atoms with Gasteiger partial charge in [-0.1, -0.05) is 51.9 Å². The van der Waals surface area contributed by atoms with Crippen LogP contribution in [0, 0.1) is 0 Å². The van der Waals surface area contributed by atoms with Crippen LogP contribution in [0.5, 0.6) is 0 Å². The summed E-state index contributed by atoms with van der Waals surface area (Å²) in [6.45, 7) is 6.87. The maximum absolute atomic E-state index is 11.7. The van der Waals surface area contributed by atoms with E-state index in [0.717, 1.165) is 23.9 Å². The number of carbonyl (C=O) groups is 1. The van der Waals surface area contributed by atoms with Crippen LogP contribution in [0.2, 0.25) is 0 Å². The lowest BCUT2D eigenvalue weighted by Gasteiger charge is -2.29. The normalized spacial score (nSPS) is 17.0. The third-order valence-corrected chi connectivity index (χ3v) is 6.27. The summed E-state index contributed by atoms with van der Waals surface area (Å²) in [6.07, 6.45) is 13.3. The molecule has 7 heteroatoms. The van der Waals surface area contributed by atoms with Gasteiger partial charge in [0.25, 0.3) is 0 Å². The van der Waals surface area contributed by atoms with Crippen LogP contribution in [0.15, 0.2) is 0 Å². The van der Waals surface area contributed by atoms with Gasteiger partial charge in [-0.25, -0.2) is 0 Å². The molecule has 0 aromatic carbocycles. The zero-order valence-corrected chi connectivity index (χ0v) is 19.1. The van der Waals surface area contributed by atoms with Crippen LogP contribution < -0.4 is 0 Å². The van der Waals surface area contributed by atoms with Crippen LogP contribution in [0.3, 0.4) is 0 Å². The predicted octanol–water partition coefficient (Wildman–Crippen LogP) is 4.94. The molecule has 0 aromatic heterocycles. The lowest BCUT2D eigenvalue weighted by Crippen LogP contribution is -2.43. The van der Waals surface area contributed by atoms with Crippen molar-refractivity contribution < 1.29 is 28.0 Å². The molecule has 1 unspecified atom stereocenters. The first-order valence-electron chi connectivity index (χ1n) is 11.3. The summed E-state index contributed by atoms with van der Waals surface area (Å²) in [5.74, 6) is -0.179. The fourth-order valence-corrected chi connectivity index (χ4v) is 4.15. The molecule has 1 fully saturated rings. The van der Waals surface area contributed by atoms with E-state index >= 15 is 0 Å². The third-order valence-electron chi connectivity index (χ3n) is 5.47. The second kappa shape index (κ2) is 16.5. The molecular weight excluding hydrogens is 377 g/mol. The Morgan fingerprint density at radius 2 is 1.50 bits per heavy atom. The van der Waals surface area contributed by atoms with Gasteiger partial charge >= 0.3 is 14.6 Å².